The third-order valence-electron chi connectivity index (χ3n) is 2.80. The summed E-state index contributed by atoms with van der Waals surface area (Å²) in [5, 5.41) is 0.150. The third-order valence-corrected chi connectivity index (χ3v) is 4.58. The molecular formula is C11H11Br2Cl. The Hall–Kier alpha value is 0.470. The topological polar surface area (TPSA) is 0 Å². The van der Waals surface area contributed by atoms with E-state index in [9.17, 15) is 0 Å². The molecule has 1 fully saturated rings. The van der Waals surface area contributed by atoms with Crippen molar-refractivity contribution in [1.29, 1.82) is 0 Å². The minimum atomic E-state index is 0.150. The van der Waals surface area contributed by atoms with Gasteiger partial charge in [-0.2, -0.15) is 0 Å². The van der Waals surface area contributed by atoms with Gasteiger partial charge < -0.3 is 0 Å². The van der Waals surface area contributed by atoms with Crippen molar-refractivity contribution >= 4 is 43.5 Å². The summed E-state index contributed by atoms with van der Waals surface area (Å²) < 4.78 is 2.20. The first-order valence-corrected chi connectivity index (χ1v) is 6.71. The van der Waals surface area contributed by atoms with Crippen LogP contribution in [0.25, 0.3) is 0 Å². The normalized spacial score (nSPS) is 27.4. The Morgan fingerprint density at radius 2 is 2.07 bits per heavy atom. The van der Waals surface area contributed by atoms with Gasteiger partial charge in [-0.05, 0) is 42.0 Å². The molecule has 0 heterocycles. The predicted molar refractivity (Wildman–Crippen MR) is 67.7 cm³/mol. The molecule has 3 heteroatoms. The van der Waals surface area contributed by atoms with Gasteiger partial charge in [0.05, 0.1) is 5.38 Å². The van der Waals surface area contributed by atoms with Gasteiger partial charge >= 0.3 is 0 Å². The van der Waals surface area contributed by atoms with Crippen LogP contribution in [0.3, 0.4) is 0 Å². The largest absolute Gasteiger partial charge is 0.117 e. The van der Waals surface area contributed by atoms with Crippen LogP contribution in [0.1, 0.15) is 24.3 Å². The molecule has 0 N–H and O–H groups in total. The Labute approximate surface area is 106 Å². The van der Waals surface area contributed by atoms with Gasteiger partial charge in [-0.1, -0.05) is 38.8 Å². The van der Waals surface area contributed by atoms with Crippen molar-refractivity contribution in [2.45, 2.75) is 18.7 Å². The minimum absolute atomic E-state index is 0.150. The van der Waals surface area contributed by atoms with Gasteiger partial charge in [-0.25, -0.2) is 0 Å². The highest BCUT2D eigenvalue weighted by Crippen LogP contribution is 2.51. The van der Waals surface area contributed by atoms with Gasteiger partial charge in [-0.15, -0.1) is 11.6 Å². The molecule has 1 saturated carbocycles. The van der Waals surface area contributed by atoms with E-state index in [1.165, 1.54) is 12.0 Å². The Morgan fingerprint density at radius 3 is 2.64 bits per heavy atom. The van der Waals surface area contributed by atoms with E-state index in [4.69, 9.17) is 11.6 Å². The van der Waals surface area contributed by atoms with Crippen LogP contribution in [-0.4, -0.2) is 0 Å². The summed E-state index contributed by atoms with van der Waals surface area (Å²) in [7, 11) is 0. The summed E-state index contributed by atoms with van der Waals surface area (Å²) >= 11 is 13.4. The molecule has 1 aliphatic carbocycles. The predicted octanol–water partition coefficient (Wildman–Crippen LogP) is 5.15. The smallest absolute Gasteiger partial charge is 0.0627 e. The van der Waals surface area contributed by atoms with E-state index in [1.54, 1.807) is 0 Å². The van der Waals surface area contributed by atoms with Crippen LogP contribution >= 0.6 is 43.5 Å². The molecule has 0 aromatic heterocycles. The molecule has 1 aromatic rings. The van der Waals surface area contributed by atoms with Crippen molar-refractivity contribution in [2.24, 2.45) is 11.8 Å². The minimum Gasteiger partial charge on any atom is -0.117 e. The lowest BCUT2D eigenvalue weighted by Crippen LogP contribution is -1.95. The zero-order chi connectivity index (χ0) is 10.3. The van der Waals surface area contributed by atoms with Crippen molar-refractivity contribution in [3.05, 3.63) is 32.7 Å². The molecule has 3 unspecified atom stereocenters. The van der Waals surface area contributed by atoms with Gasteiger partial charge in [0.25, 0.3) is 0 Å². The molecule has 14 heavy (non-hydrogen) atoms. The van der Waals surface area contributed by atoms with Gasteiger partial charge in [0.2, 0.25) is 0 Å². The molecule has 0 spiro atoms. The van der Waals surface area contributed by atoms with Crippen LogP contribution in [0.15, 0.2) is 27.1 Å². The number of hydrogen-bond donors (Lipinski definition) is 0. The fraction of sp³-hybridized carbons (Fsp3) is 0.455. The molecule has 0 amide bonds. The van der Waals surface area contributed by atoms with Crippen molar-refractivity contribution in [3.8, 4) is 0 Å². The first-order valence-electron chi connectivity index (χ1n) is 4.68. The molecule has 76 valence electrons. The zero-order valence-corrected chi connectivity index (χ0v) is 11.7. The van der Waals surface area contributed by atoms with Crippen LogP contribution in [0.5, 0.6) is 0 Å². The molecule has 0 aliphatic heterocycles. The van der Waals surface area contributed by atoms with Gasteiger partial charge in [0.1, 0.15) is 0 Å². The lowest BCUT2D eigenvalue weighted by molar-refractivity contribution is 0.720. The van der Waals surface area contributed by atoms with Crippen molar-refractivity contribution in [1.82, 2.24) is 0 Å². The molecule has 0 saturated heterocycles. The molecule has 3 atom stereocenters. The summed E-state index contributed by atoms with van der Waals surface area (Å²) in [4.78, 5) is 0. The zero-order valence-electron chi connectivity index (χ0n) is 7.81. The maximum atomic E-state index is 6.42. The highest BCUT2D eigenvalue weighted by atomic mass is 79.9. The molecule has 1 aliphatic rings. The number of alkyl halides is 1. The lowest BCUT2D eigenvalue weighted by Gasteiger charge is -2.11. The summed E-state index contributed by atoms with van der Waals surface area (Å²) in [6, 6.07) is 6.17. The maximum absolute atomic E-state index is 6.42. The van der Waals surface area contributed by atoms with E-state index in [0.29, 0.717) is 5.92 Å². The number of benzene rings is 1. The van der Waals surface area contributed by atoms with E-state index in [2.05, 4.69) is 44.8 Å². The van der Waals surface area contributed by atoms with E-state index < -0.39 is 0 Å². The maximum Gasteiger partial charge on any atom is 0.0627 e. The second-order valence-corrected chi connectivity index (χ2v) is 6.18. The Bertz CT molecular complexity index is 351. The highest BCUT2D eigenvalue weighted by molar-refractivity contribution is 9.11. The number of halogens is 3. The monoisotopic (exact) mass is 336 g/mol. The Balaban J connectivity index is 2.26. The van der Waals surface area contributed by atoms with Gasteiger partial charge in [0.15, 0.2) is 0 Å². The Kier molecular flexibility index (Phi) is 3.25. The van der Waals surface area contributed by atoms with Crippen molar-refractivity contribution < 1.29 is 0 Å². The summed E-state index contributed by atoms with van der Waals surface area (Å²) in [6.45, 7) is 2.26. The van der Waals surface area contributed by atoms with Crippen LogP contribution in [0.2, 0.25) is 0 Å². The van der Waals surface area contributed by atoms with Crippen LogP contribution < -0.4 is 0 Å². The molecule has 2 rings (SSSR count). The molecule has 0 bridgehead atoms. The SMILES string of the molecule is CC1CC1C(Cl)c1cc(Br)ccc1Br. The highest BCUT2D eigenvalue weighted by Gasteiger charge is 2.39. The van der Waals surface area contributed by atoms with Crippen molar-refractivity contribution in [2.75, 3.05) is 0 Å². The van der Waals surface area contributed by atoms with Crippen LogP contribution in [-0.2, 0) is 0 Å². The van der Waals surface area contributed by atoms with Crippen LogP contribution in [0, 0.1) is 11.8 Å². The molecular weight excluding hydrogens is 327 g/mol. The average Bonchev–Trinajstić information content (AvgIpc) is 2.86. The first kappa shape index (κ1) is 11.0. The number of hydrogen-bond acceptors (Lipinski definition) is 0. The summed E-state index contributed by atoms with van der Waals surface area (Å²) in [6.07, 6.45) is 1.26. The fourth-order valence-electron chi connectivity index (χ4n) is 1.72. The van der Waals surface area contributed by atoms with E-state index in [-0.39, 0.29) is 5.38 Å². The van der Waals surface area contributed by atoms with E-state index in [1.807, 2.05) is 12.1 Å². The third kappa shape index (κ3) is 2.17. The first-order chi connectivity index (χ1) is 6.59. The molecule has 0 nitrogen and oxygen atoms in total. The summed E-state index contributed by atoms with van der Waals surface area (Å²) in [5.41, 5.74) is 1.20. The molecule has 1 aromatic carbocycles. The van der Waals surface area contributed by atoms with E-state index >= 15 is 0 Å². The lowest BCUT2D eigenvalue weighted by atomic mass is 10.1. The second-order valence-electron chi connectivity index (χ2n) is 3.94. The van der Waals surface area contributed by atoms with Crippen molar-refractivity contribution in [3.63, 3.8) is 0 Å². The average molecular weight is 338 g/mol. The molecule has 0 radical (unpaired) electrons. The number of rotatable bonds is 2. The van der Waals surface area contributed by atoms with Gasteiger partial charge in [-0.3, -0.25) is 0 Å². The van der Waals surface area contributed by atoms with Crippen LogP contribution in [0.4, 0.5) is 0 Å². The standard InChI is InChI=1S/C11H11Br2Cl/c1-6-4-8(6)11(14)9-5-7(12)2-3-10(9)13/h2-3,5-6,8,11H,4H2,1H3. The van der Waals surface area contributed by atoms with E-state index in [0.717, 1.165) is 14.9 Å². The summed E-state index contributed by atoms with van der Waals surface area (Å²) in [5.74, 6) is 1.44. The fourth-order valence-corrected chi connectivity index (χ4v) is 3.25. The van der Waals surface area contributed by atoms with Gasteiger partial charge in [0, 0.05) is 8.95 Å². The second kappa shape index (κ2) is 4.15. The Morgan fingerprint density at radius 1 is 1.43 bits per heavy atom. The quantitative estimate of drug-likeness (QED) is 0.654.